The number of amides is 1. The van der Waals surface area contributed by atoms with E-state index in [1.54, 1.807) is 43.0 Å². The number of non-ortho nitro benzene ring substituents is 1. The van der Waals surface area contributed by atoms with Crippen LogP contribution >= 0.6 is 11.8 Å². The van der Waals surface area contributed by atoms with E-state index in [4.69, 9.17) is 9.47 Å². The fourth-order valence-corrected chi connectivity index (χ4v) is 4.08. The lowest BCUT2D eigenvalue weighted by Gasteiger charge is -2.25. The summed E-state index contributed by atoms with van der Waals surface area (Å²) < 4.78 is 10.6. The number of methoxy groups -OCH3 is 2. The van der Waals surface area contributed by atoms with E-state index in [1.165, 1.54) is 18.2 Å². The smallest absolute Gasteiger partial charge is 0.270 e. The standard InChI is InChI=1S/C18H18N2O5S/c1-24-15-9-13(10-16(11-15)25-2)18-19(6-7-26-18)17(21)12-4-3-5-14(8-12)20(22)23/h3-5,8-11,18H,6-7H2,1-2H3/t18-/m1/s1. The van der Waals surface area contributed by atoms with Crippen molar-refractivity contribution >= 4 is 23.4 Å². The Morgan fingerprint density at radius 3 is 2.50 bits per heavy atom. The molecule has 0 saturated carbocycles. The summed E-state index contributed by atoms with van der Waals surface area (Å²) in [5.41, 5.74) is 1.10. The lowest BCUT2D eigenvalue weighted by molar-refractivity contribution is -0.384. The Morgan fingerprint density at radius 1 is 1.19 bits per heavy atom. The molecule has 0 aliphatic carbocycles. The van der Waals surface area contributed by atoms with Crippen LogP contribution in [0, 0.1) is 10.1 Å². The molecule has 0 N–H and O–H groups in total. The van der Waals surface area contributed by atoms with E-state index in [0.717, 1.165) is 11.3 Å². The lowest BCUT2D eigenvalue weighted by atomic mass is 10.1. The van der Waals surface area contributed by atoms with Crippen LogP contribution in [0.2, 0.25) is 0 Å². The van der Waals surface area contributed by atoms with Gasteiger partial charge >= 0.3 is 0 Å². The Morgan fingerprint density at radius 2 is 1.88 bits per heavy atom. The number of hydrogen-bond donors (Lipinski definition) is 0. The number of rotatable bonds is 5. The van der Waals surface area contributed by atoms with E-state index < -0.39 is 4.92 Å². The first kappa shape index (κ1) is 18.1. The van der Waals surface area contributed by atoms with E-state index in [2.05, 4.69) is 0 Å². The van der Waals surface area contributed by atoms with E-state index in [-0.39, 0.29) is 17.0 Å². The molecule has 1 saturated heterocycles. The Balaban J connectivity index is 1.92. The molecule has 3 rings (SSSR count). The van der Waals surface area contributed by atoms with E-state index in [9.17, 15) is 14.9 Å². The van der Waals surface area contributed by atoms with Gasteiger partial charge < -0.3 is 14.4 Å². The number of hydrogen-bond acceptors (Lipinski definition) is 6. The van der Waals surface area contributed by atoms with Gasteiger partial charge in [0.2, 0.25) is 0 Å². The fraction of sp³-hybridized carbons (Fsp3) is 0.278. The van der Waals surface area contributed by atoms with Crippen molar-refractivity contribution in [2.24, 2.45) is 0 Å². The van der Waals surface area contributed by atoms with Crippen LogP contribution in [0.15, 0.2) is 42.5 Å². The van der Waals surface area contributed by atoms with Crippen molar-refractivity contribution in [3.63, 3.8) is 0 Å². The molecule has 2 aromatic carbocycles. The number of thioether (sulfide) groups is 1. The minimum absolute atomic E-state index is 0.0951. The maximum absolute atomic E-state index is 12.9. The van der Waals surface area contributed by atoms with Crippen LogP contribution in [0.1, 0.15) is 21.3 Å². The first-order chi connectivity index (χ1) is 12.5. The fourth-order valence-electron chi connectivity index (χ4n) is 2.84. The molecule has 1 fully saturated rings. The van der Waals surface area contributed by atoms with Crippen LogP contribution in [0.25, 0.3) is 0 Å². The second-order valence-corrected chi connectivity index (χ2v) is 6.86. The summed E-state index contributed by atoms with van der Waals surface area (Å²) in [4.78, 5) is 25.1. The molecule has 8 heteroatoms. The average Bonchev–Trinajstić information content (AvgIpc) is 3.16. The minimum atomic E-state index is -0.500. The molecule has 1 heterocycles. The largest absolute Gasteiger partial charge is 0.497 e. The molecule has 1 atom stereocenters. The second-order valence-electron chi connectivity index (χ2n) is 5.68. The molecular weight excluding hydrogens is 356 g/mol. The first-order valence-corrected chi connectivity index (χ1v) is 8.98. The summed E-state index contributed by atoms with van der Waals surface area (Å²) >= 11 is 1.64. The third kappa shape index (κ3) is 3.60. The van der Waals surface area contributed by atoms with Crippen LogP contribution in [0.3, 0.4) is 0 Å². The Hall–Kier alpha value is -2.74. The zero-order chi connectivity index (χ0) is 18.7. The predicted octanol–water partition coefficient (Wildman–Crippen LogP) is 3.50. The molecule has 0 radical (unpaired) electrons. The van der Waals surface area contributed by atoms with Gasteiger partial charge in [-0.25, -0.2) is 0 Å². The molecule has 2 aromatic rings. The van der Waals surface area contributed by atoms with Crippen LogP contribution in [0.4, 0.5) is 5.69 Å². The Kier molecular flexibility index (Phi) is 5.32. The summed E-state index contributed by atoms with van der Waals surface area (Å²) in [6.45, 7) is 0.566. The van der Waals surface area contributed by atoms with Crippen LogP contribution in [-0.4, -0.2) is 42.2 Å². The zero-order valence-electron chi connectivity index (χ0n) is 14.4. The molecule has 0 aromatic heterocycles. The number of nitro groups is 1. The van der Waals surface area contributed by atoms with Gasteiger partial charge in [0.1, 0.15) is 16.9 Å². The van der Waals surface area contributed by atoms with Gasteiger partial charge in [0, 0.05) is 36.1 Å². The third-order valence-electron chi connectivity index (χ3n) is 4.11. The van der Waals surface area contributed by atoms with Gasteiger partial charge in [0.25, 0.3) is 11.6 Å². The lowest BCUT2D eigenvalue weighted by Crippen LogP contribution is -2.30. The van der Waals surface area contributed by atoms with Crippen LogP contribution in [0.5, 0.6) is 11.5 Å². The minimum Gasteiger partial charge on any atom is -0.497 e. The van der Waals surface area contributed by atoms with Crippen LogP contribution in [-0.2, 0) is 0 Å². The summed E-state index contributed by atoms with van der Waals surface area (Å²) in [6.07, 6.45) is 0. The van der Waals surface area contributed by atoms with E-state index in [0.29, 0.717) is 23.6 Å². The SMILES string of the molecule is COc1cc(OC)cc([C@H]2SCCN2C(=O)c2cccc([N+](=O)[O-])c2)c1. The number of carbonyl (C=O) groups excluding carboxylic acids is 1. The zero-order valence-corrected chi connectivity index (χ0v) is 15.2. The first-order valence-electron chi connectivity index (χ1n) is 7.93. The van der Waals surface area contributed by atoms with Gasteiger partial charge in [0.15, 0.2) is 0 Å². The molecule has 1 amide bonds. The number of nitrogens with zero attached hydrogens (tertiary/aromatic N) is 2. The maximum Gasteiger partial charge on any atom is 0.270 e. The van der Waals surface area contributed by atoms with Crippen molar-refractivity contribution in [1.82, 2.24) is 4.90 Å². The predicted molar refractivity (Wildman–Crippen MR) is 98.9 cm³/mol. The molecule has 0 unspecified atom stereocenters. The highest BCUT2D eigenvalue weighted by Crippen LogP contribution is 2.41. The third-order valence-corrected chi connectivity index (χ3v) is 5.38. The molecule has 7 nitrogen and oxygen atoms in total. The molecule has 136 valence electrons. The van der Waals surface area contributed by atoms with E-state index >= 15 is 0 Å². The van der Waals surface area contributed by atoms with Gasteiger partial charge in [0.05, 0.1) is 19.1 Å². The monoisotopic (exact) mass is 374 g/mol. The molecule has 26 heavy (non-hydrogen) atoms. The van der Waals surface area contributed by atoms with E-state index in [1.807, 2.05) is 12.1 Å². The Bertz CT molecular complexity index is 820. The van der Waals surface area contributed by atoms with Gasteiger partial charge in [-0.2, -0.15) is 0 Å². The van der Waals surface area contributed by atoms with Crippen molar-refractivity contribution in [3.8, 4) is 11.5 Å². The van der Waals surface area contributed by atoms with Gasteiger partial charge in [-0.15, -0.1) is 11.8 Å². The maximum atomic E-state index is 12.9. The van der Waals surface area contributed by atoms with Crippen molar-refractivity contribution < 1.29 is 19.2 Å². The molecule has 0 bridgehead atoms. The number of ether oxygens (including phenoxy) is 2. The number of carbonyl (C=O) groups is 1. The highest BCUT2D eigenvalue weighted by atomic mass is 32.2. The molecule has 1 aliphatic heterocycles. The van der Waals surface area contributed by atoms with Crippen molar-refractivity contribution in [1.29, 1.82) is 0 Å². The summed E-state index contributed by atoms with van der Waals surface area (Å²) in [5, 5.41) is 10.8. The summed E-state index contributed by atoms with van der Waals surface area (Å²) in [7, 11) is 3.15. The van der Waals surface area contributed by atoms with Crippen LogP contribution < -0.4 is 9.47 Å². The number of nitro benzene ring substituents is 1. The van der Waals surface area contributed by atoms with Crippen molar-refractivity contribution in [3.05, 3.63) is 63.7 Å². The second kappa shape index (κ2) is 7.65. The van der Waals surface area contributed by atoms with Crippen molar-refractivity contribution in [2.45, 2.75) is 5.37 Å². The van der Waals surface area contributed by atoms with Gasteiger partial charge in [-0.1, -0.05) is 6.07 Å². The molecule has 0 spiro atoms. The van der Waals surface area contributed by atoms with Gasteiger partial charge in [-0.05, 0) is 23.8 Å². The highest BCUT2D eigenvalue weighted by Gasteiger charge is 2.32. The highest BCUT2D eigenvalue weighted by molar-refractivity contribution is 7.99. The molecule has 1 aliphatic rings. The topological polar surface area (TPSA) is 81.9 Å². The molecular formula is C18H18N2O5S. The number of benzene rings is 2. The summed E-state index contributed by atoms with van der Waals surface area (Å²) in [5.74, 6) is 1.85. The van der Waals surface area contributed by atoms with Gasteiger partial charge in [-0.3, -0.25) is 14.9 Å². The quantitative estimate of drug-likeness (QED) is 0.588. The average molecular weight is 374 g/mol. The van der Waals surface area contributed by atoms with Crippen molar-refractivity contribution in [2.75, 3.05) is 26.5 Å². The normalized spacial score (nSPS) is 16.4. The Labute approximate surface area is 155 Å². The summed E-state index contributed by atoms with van der Waals surface area (Å²) in [6, 6.07) is 11.3.